The Morgan fingerprint density at radius 2 is 1.89 bits per heavy atom. The van der Waals surface area contributed by atoms with E-state index in [9.17, 15) is 9.59 Å². The van der Waals surface area contributed by atoms with Crippen LogP contribution >= 0.6 is 0 Å². The number of benzene rings is 1. The van der Waals surface area contributed by atoms with Gasteiger partial charge in [-0.05, 0) is 30.1 Å². The van der Waals surface area contributed by atoms with Crippen LogP contribution in [-0.2, 0) is 14.5 Å². The Morgan fingerprint density at radius 1 is 1.26 bits per heavy atom. The number of carboxylic acids is 1. The summed E-state index contributed by atoms with van der Waals surface area (Å²) in [4.78, 5) is 31.8. The minimum Gasteiger partial charge on any atom is -0.479 e. The highest BCUT2D eigenvalue weighted by Crippen LogP contribution is 2.07. The van der Waals surface area contributed by atoms with Gasteiger partial charge in [-0.3, -0.25) is 4.84 Å². The Labute approximate surface area is 111 Å². The molecule has 0 unspecified atom stereocenters. The molecule has 0 heterocycles. The highest BCUT2D eigenvalue weighted by molar-refractivity contribution is 5.89. The van der Waals surface area contributed by atoms with Crippen LogP contribution in [0.3, 0.4) is 0 Å². The molecule has 0 fully saturated rings. The molecule has 0 radical (unpaired) electrons. The molecule has 0 spiro atoms. The van der Waals surface area contributed by atoms with Crippen LogP contribution < -0.4 is 5.64 Å². The summed E-state index contributed by atoms with van der Waals surface area (Å²) in [5.74, 6) is -1.61. The first-order valence-corrected chi connectivity index (χ1v) is 5.90. The van der Waals surface area contributed by atoms with Gasteiger partial charge in [-0.15, -0.1) is 0 Å². The molecule has 0 saturated carbocycles. The highest BCUT2D eigenvalue weighted by Gasteiger charge is 2.20. The quantitative estimate of drug-likeness (QED) is 0.732. The van der Waals surface area contributed by atoms with Crippen LogP contribution in [0.1, 0.15) is 30.6 Å². The number of carboxylic acid groups (broad SMARTS) is 1. The van der Waals surface area contributed by atoms with Crippen LogP contribution in [0.5, 0.6) is 0 Å². The third-order valence-corrected chi connectivity index (χ3v) is 2.30. The molecular weight excluding hydrogens is 250 g/mol. The number of carbonyl (C=O) groups is 2. The molecule has 0 bridgehead atoms. The van der Waals surface area contributed by atoms with Gasteiger partial charge in [0.25, 0.3) is 0 Å². The lowest BCUT2D eigenvalue weighted by atomic mass is 10.1. The average molecular weight is 267 g/mol. The summed E-state index contributed by atoms with van der Waals surface area (Å²) in [5.41, 5.74) is 2.28. The third kappa shape index (κ3) is 5.50. The van der Waals surface area contributed by atoms with Gasteiger partial charge in [0.2, 0.25) is 0 Å². The molecule has 0 amide bonds. The van der Waals surface area contributed by atoms with Crippen molar-refractivity contribution in [2.75, 3.05) is 0 Å². The Kier molecular flexibility index (Phi) is 5.98. The first-order valence-electron chi connectivity index (χ1n) is 5.90. The highest BCUT2D eigenvalue weighted by atomic mass is 16.9. The standard InChI is InChI=1S/C13H17NO5/c1-9(2)8-11(12(15)16)18-14-19-13(17)10-6-4-3-5-7-10/h3-7,9,11,14H,8H2,1-2H3,(H,15,16)/t11-/m1/s1. The Hall–Kier alpha value is -1.92. The Morgan fingerprint density at radius 3 is 2.42 bits per heavy atom. The molecule has 0 aliphatic rings. The maximum atomic E-state index is 11.5. The molecule has 1 atom stereocenters. The van der Waals surface area contributed by atoms with Gasteiger partial charge in [-0.1, -0.05) is 32.0 Å². The molecule has 19 heavy (non-hydrogen) atoms. The lowest BCUT2D eigenvalue weighted by Crippen LogP contribution is -2.33. The van der Waals surface area contributed by atoms with E-state index < -0.39 is 18.0 Å². The minimum absolute atomic E-state index is 0.146. The molecule has 0 aliphatic carbocycles. The van der Waals surface area contributed by atoms with E-state index >= 15 is 0 Å². The molecule has 6 heteroatoms. The second-order valence-electron chi connectivity index (χ2n) is 4.41. The van der Waals surface area contributed by atoms with E-state index in [1.165, 1.54) is 0 Å². The Bertz CT molecular complexity index is 418. The number of rotatable bonds is 7. The van der Waals surface area contributed by atoms with Crippen molar-refractivity contribution in [2.24, 2.45) is 5.92 Å². The first-order chi connectivity index (χ1) is 9.00. The summed E-state index contributed by atoms with van der Waals surface area (Å²) in [6, 6.07) is 8.30. The molecule has 2 N–H and O–H groups in total. The van der Waals surface area contributed by atoms with Crippen molar-refractivity contribution < 1.29 is 24.4 Å². The van der Waals surface area contributed by atoms with Gasteiger partial charge < -0.3 is 9.94 Å². The number of nitrogens with one attached hydrogen (secondary N) is 1. The summed E-state index contributed by atoms with van der Waals surface area (Å²) in [6.45, 7) is 3.74. The van der Waals surface area contributed by atoms with E-state index in [0.29, 0.717) is 12.0 Å². The molecule has 0 aromatic heterocycles. The molecule has 0 saturated heterocycles. The van der Waals surface area contributed by atoms with Gasteiger partial charge in [-0.25, -0.2) is 9.59 Å². The van der Waals surface area contributed by atoms with Crippen molar-refractivity contribution in [3.8, 4) is 0 Å². The summed E-state index contributed by atoms with van der Waals surface area (Å²) < 4.78 is 0. The second-order valence-corrected chi connectivity index (χ2v) is 4.41. The molecule has 104 valence electrons. The largest absolute Gasteiger partial charge is 0.479 e. The maximum Gasteiger partial charge on any atom is 0.359 e. The van der Waals surface area contributed by atoms with Crippen LogP contribution in [0.15, 0.2) is 30.3 Å². The van der Waals surface area contributed by atoms with Crippen LogP contribution in [0.4, 0.5) is 0 Å². The number of aliphatic carboxylic acids is 1. The Balaban J connectivity index is 2.40. The zero-order chi connectivity index (χ0) is 14.3. The monoisotopic (exact) mass is 267 g/mol. The van der Waals surface area contributed by atoms with Crippen LogP contribution in [-0.4, -0.2) is 23.1 Å². The predicted molar refractivity (Wildman–Crippen MR) is 67.0 cm³/mol. The first kappa shape index (κ1) is 15.1. The maximum absolute atomic E-state index is 11.5. The van der Waals surface area contributed by atoms with Gasteiger partial charge in [0.05, 0.1) is 5.56 Å². The van der Waals surface area contributed by atoms with Gasteiger partial charge in [0.15, 0.2) is 6.10 Å². The minimum atomic E-state index is -1.11. The number of hydrogen-bond acceptors (Lipinski definition) is 5. The summed E-state index contributed by atoms with van der Waals surface area (Å²) in [6.07, 6.45) is -0.755. The van der Waals surface area contributed by atoms with Gasteiger partial charge in [0.1, 0.15) is 0 Å². The van der Waals surface area contributed by atoms with Gasteiger partial charge in [0, 0.05) is 0 Å². The smallest absolute Gasteiger partial charge is 0.359 e. The topological polar surface area (TPSA) is 84.9 Å². The molecule has 0 aliphatic heterocycles. The van der Waals surface area contributed by atoms with Crippen molar-refractivity contribution >= 4 is 11.9 Å². The molecule has 1 aromatic rings. The van der Waals surface area contributed by atoms with Crippen molar-refractivity contribution in [1.82, 2.24) is 5.64 Å². The van der Waals surface area contributed by atoms with E-state index in [-0.39, 0.29) is 5.92 Å². The van der Waals surface area contributed by atoms with Crippen molar-refractivity contribution in [3.63, 3.8) is 0 Å². The molecule has 1 rings (SSSR count). The zero-order valence-electron chi connectivity index (χ0n) is 10.8. The number of carbonyl (C=O) groups excluding carboxylic acids is 1. The van der Waals surface area contributed by atoms with E-state index in [0.717, 1.165) is 0 Å². The van der Waals surface area contributed by atoms with E-state index in [1.807, 2.05) is 19.5 Å². The van der Waals surface area contributed by atoms with Crippen LogP contribution in [0, 0.1) is 5.92 Å². The number of hydrogen-bond donors (Lipinski definition) is 2. The van der Waals surface area contributed by atoms with E-state index in [4.69, 9.17) is 9.94 Å². The molecular formula is C13H17NO5. The summed E-state index contributed by atoms with van der Waals surface area (Å²) >= 11 is 0. The van der Waals surface area contributed by atoms with Gasteiger partial charge >= 0.3 is 11.9 Å². The van der Waals surface area contributed by atoms with Crippen LogP contribution in [0.25, 0.3) is 0 Å². The molecule has 6 nitrogen and oxygen atoms in total. The van der Waals surface area contributed by atoms with Crippen molar-refractivity contribution in [2.45, 2.75) is 26.4 Å². The van der Waals surface area contributed by atoms with Gasteiger partial charge in [-0.2, -0.15) is 0 Å². The second kappa shape index (κ2) is 7.50. The van der Waals surface area contributed by atoms with Crippen molar-refractivity contribution in [3.05, 3.63) is 35.9 Å². The fourth-order valence-corrected chi connectivity index (χ4v) is 1.38. The zero-order valence-corrected chi connectivity index (χ0v) is 10.8. The van der Waals surface area contributed by atoms with Crippen molar-refractivity contribution in [1.29, 1.82) is 0 Å². The van der Waals surface area contributed by atoms with E-state index in [1.54, 1.807) is 30.3 Å². The average Bonchev–Trinajstić information content (AvgIpc) is 2.37. The fourth-order valence-electron chi connectivity index (χ4n) is 1.38. The van der Waals surface area contributed by atoms with E-state index in [2.05, 4.69) is 4.84 Å². The SMILES string of the molecule is CC(C)C[C@@H](ONOC(=O)c1ccccc1)C(=O)O. The lowest BCUT2D eigenvalue weighted by molar-refractivity contribution is -0.191. The van der Waals surface area contributed by atoms with Crippen LogP contribution in [0.2, 0.25) is 0 Å². The normalized spacial score (nSPS) is 12.2. The fraction of sp³-hybridized carbons (Fsp3) is 0.385. The lowest BCUT2D eigenvalue weighted by Gasteiger charge is -2.15. The summed E-state index contributed by atoms with van der Waals surface area (Å²) in [5, 5.41) is 8.90. The predicted octanol–water partition coefficient (Wildman–Crippen LogP) is 1.78. The third-order valence-electron chi connectivity index (χ3n) is 2.30. The summed E-state index contributed by atoms with van der Waals surface area (Å²) in [7, 11) is 0. The molecule has 1 aromatic carbocycles.